The third-order valence-corrected chi connectivity index (χ3v) is 3.84. The summed E-state index contributed by atoms with van der Waals surface area (Å²) in [5.74, 6) is -1.08. The van der Waals surface area contributed by atoms with Crippen LogP contribution in [0.4, 0.5) is 0 Å². The van der Waals surface area contributed by atoms with Gasteiger partial charge in [0.15, 0.2) is 0 Å². The Morgan fingerprint density at radius 3 is 2.68 bits per heavy atom. The summed E-state index contributed by atoms with van der Waals surface area (Å²) in [4.78, 5) is 10.3. The van der Waals surface area contributed by atoms with Crippen molar-refractivity contribution in [3.8, 4) is 0 Å². The third kappa shape index (κ3) is 5.15. The molecule has 106 valence electrons. The van der Waals surface area contributed by atoms with Gasteiger partial charge in [-0.2, -0.15) is 0 Å². The fourth-order valence-electron chi connectivity index (χ4n) is 1.40. The zero-order valence-electron chi connectivity index (χ0n) is 10.2. The van der Waals surface area contributed by atoms with Crippen molar-refractivity contribution in [1.82, 2.24) is 4.72 Å². The number of methoxy groups -OCH3 is 1. The largest absolute Gasteiger partial charge is 0.481 e. The first kappa shape index (κ1) is 15.9. The number of nitrogens with one attached hydrogen (secondary N) is 1. The monoisotopic (exact) mass is 307 g/mol. The molecule has 0 bridgehead atoms. The molecule has 0 aliphatic rings. The number of hydrogen-bond donors (Lipinski definition) is 2. The van der Waals surface area contributed by atoms with Gasteiger partial charge in [-0.05, 0) is 23.8 Å². The molecule has 6 nitrogen and oxygen atoms in total. The van der Waals surface area contributed by atoms with Crippen LogP contribution in [-0.2, 0) is 26.2 Å². The quantitative estimate of drug-likeness (QED) is 0.790. The highest BCUT2D eigenvalue weighted by Crippen LogP contribution is 2.19. The molecule has 0 saturated heterocycles. The molecule has 0 atom stereocenters. The van der Waals surface area contributed by atoms with Crippen LogP contribution in [0.15, 0.2) is 23.1 Å². The molecule has 0 aliphatic carbocycles. The summed E-state index contributed by atoms with van der Waals surface area (Å²) in [5.41, 5.74) is 0.619. The Labute approximate surface area is 116 Å². The molecule has 0 fully saturated rings. The van der Waals surface area contributed by atoms with Crippen LogP contribution in [0.2, 0.25) is 5.02 Å². The number of carboxylic acid groups (broad SMARTS) is 1. The maximum Gasteiger partial charge on any atom is 0.304 e. The van der Waals surface area contributed by atoms with E-state index in [4.69, 9.17) is 21.4 Å². The number of aliphatic carboxylic acids is 1. The number of hydrogen-bond acceptors (Lipinski definition) is 4. The van der Waals surface area contributed by atoms with Crippen LogP contribution in [-0.4, -0.2) is 33.1 Å². The second-order valence-corrected chi connectivity index (χ2v) is 5.97. The first-order valence-corrected chi connectivity index (χ1v) is 7.21. The molecular weight excluding hydrogens is 294 g/mol. The molecule has 0 heterocycles. The smallest absolute Gasteiger partial charge is 0.304 e. The molecule has 0 radical (unpaired) electrons. The van der Waals surface area contributed by atoms with Gasteiger partial charge in [0.05, 0.1) is 17.9 Å². The molecule has 1 rings (SSSR count). The Bertz CT molecular complexity index is 558. The fourth-order valence-corrected chi connectivity index (χ4v) is 2.85. The second-order valence-electron chi connectivity index (χ2n) is 3.77. The van der Waals surface area contributed by atoms with Crippen molar-refractivity contribution < 1.29 is 23.1 Å². The SMILES string of the molecule is COCc1cc(Cl)cc(S(=O)(=O)NCCC(=O)O)c1. The highest BCUT2D eigenvalue weighted by Gasteiger charge is 2.15. The normalized spacial score (nSPS) is 11.5. The Hall–Kier alpha value is -1.15. The molecule has 1 aromatic carbocycles. The van der Waals surface area contributed by atoms with Crippen molar-refractivity contribution >= 4 is 27.6 Å². The minimum Gasteiger partial charge on any atom is -0.481 e. The fraction of sp³-hybridized carbons (Fsp3) is 0.364. The lowest BCUT2D eigenvalue weighted by atomic mass is 10.2. The van der Waals surface area contributed by atoms with Crippen LogP contribution in [0.5, 0.6) is 0 Å². The van der Waals surface area contributed by atoms with E-state index < -0.39 is 16.0 Å². The van der Waals surface area contributed by atoms with Crippen molar-refractivity contribution in [2.45, 2.75) is 17.9 Å². The molecular formula is C11H14ClNO5S. The van der Waals surface area contributed by atoms with E-state index in [1.165, 1.54) is 19.2 Å². The topological polar surface area (TPSA) is 92.7 Å². The van der Waals surface area contributed by atoms with Gasteiger partial charge in [-0.25, -0.2) is 13.1 Å². The van der Waals surface area contributed by atoms with E-state index in [1.54, 1.807) is 6.07 Å². The summed E-state index contributed by atoms with van der Waals surface area (Å²) >= 11 is 5.83. The number of carboxylic acids is 1. The Morgan fingerprint density at radius 1 is 1.42 bits per heavy atom. The lowest BCUT2D eigenvalue weighted by molar-refractivity contribution is -0.136. The van der Waals surface area contributed by atoms with Gasteiger partial charge in [0.1, 0.15) is 0 Å². The Kier molecular flexibility index (Phi) is 5.74. The first-order valence-electron chi connectivity index (χ1n) is 5.35. The maximum absolute atomic E-state index is 11.9. The number of sulfonamides is 1. The summed E-state index contributed by atoms with van der Waals surface area (Å²) in [6.45, 7) is 0.0575. The number of carbonyl (C=O) groups is 1. The van der Waals surface area contributed by atoms with Crippen molar-refractivity contribution in [1.29, 1.82) is 0 Å². The molecule has 0 amide bonds. The van der Waals surface area contributed by atoms with Crippen molar-refractivity contribution in [2.24, 2.45) is 0 Å². The summed E-state index contributed by atoms with van der Waals surface area (Å²) in [6, 6.07) is 4.32. The van der Waals surface area contributed by atoms with E-state index in [0.29, 0.717) is 5.56 Å². The van der Waals surface area contributed by atoms with Gasteiger partial charge in [-0.1, -0.05) is 11.6 Å². The minimum atomic E-state index is -3.77. The standard InChI is InChI=1S/C11H14ClNO5S/c1-18-7-8-4-9(12)6-10(5-8)19(16,17)13-3-2-11(14)15/h4-6,13H,2-3,7H2,1H3,(H,14,15). The van der Waals surface area contributed by atoms with E-state index in [1.807, 2.05) is 0 Å². The van der Waals surface area contributed by atoms with Gasteiger partial charge < -0.3 is 9.84 Å². The number of ether oxygens (including phenoxy) is 1. The van der Waals surface area contributed by atoms with Crippen molar-refractivity contribution in [3.05, 3.63) is 28.8 Å². The summed E-state index contributed by atoms with van der Waals surface area (Å²) in [5, 5.41) is 8.74. The van der Waals surface area contributed by atoms with Gasteiger partial charge in [-0.3, -0.25) is 4.79 Å². The number of benzene rings is 1. The first-order chi connectivity index (χ1) is 8.85. The second kappa shape index (κ2) is 6.85. The maximum atomic E-state index is 11.9. The molecule has 0 aliphatic heterocycles. The molecule has 1 aromatic rings. The van der Waals surface area contributed by atoms with E-state index in [-0.39, 0.29) is 29.5 Å². The number of rotatable bonds is 7. The van der Waals surface area contributed by atoms with Crippen molar-refractivity contribution in [2.75, 3.05) is 13.7 Å². The lowest BCUT2D eigenvalue weighted by Gasteiger charge is -2.08. The van der Waals surface area contributed by atoms with Gasteiger partial charge in [-0.15, -0.1) is 0 Å². The van der Waals surface area contributed by atoms with E-state index in [2.05, 4.69) is 4.72 Å². The molecule has 0 unspecified atom stereocenters. The minimum absolute atomic E-state index is 0.0163. The number of halogens is 1. The average molecular weight is 308 g/mol. The molecule has 0 saturated carbocycles. The third-order valence-electron chi connectivity index (χ3n) is 2.18. The average Bonchev–Trinajstić information content (AvgIpc) is 2.27. The summed E-state index contributed by atoms with van der Waals surface area (Å²) in [6.07, 6.45) is -0.287. The van der Waals surface area contributed by atoms with E-state index in [9.17, 15) is 13.2 Å². The van der Waals surface area contributed by atoms with Crippen molar-refractivity contribution in [3.63, 3.8) is 0 Å². The van der Waals surface area contributed by atoms with Crippen LogP contribution in [0.1, 0.15) is 12.0 Å². The van der Waals surface area contributed by atoms with Crippen LogP contribution in [0, 0.1) is 0 Å². The molecule has 2 N–H and O–H groups in total. The zero-order chi connectivity index (χ0) is 14.5. The van der Waals surface area contributed by atoms with Crippen LogP contribution in [0.3, 0.4) is 0 Å². The summed E-state index contributed by atoms with van der Waals surface area (Å²) in [7, 11) is -2.29. The molecule has 19 heavy (non-hydrogen) atoms. The van der Waals surface area contributed by atoms with Gasteiger partial charge in [0.2, 0.25) is 10.0 Å². The van der Waals surface area contributed by atoms with Crippen LogP contribution >= 0.6 is 11.6 Å². The van der Waals surface area contributed by atoms with Crippen LogP contribution in [0.25, 0.3) is 0 Å². The molecule has 0 aromatic heterocycles. The lowest BCUT2D eigenvalue weighted by Crippen LogP contribution is -2.26. The van der Waals surface area contributed by atoms with E-state index in [0.717, 1.165) is 0 Å². The zero-order valence-corrected chi connectivity index (χ0v) is 11.8. The van der Waals surface area contributed by atoms with E-state index >= 15 is 0 Å². The molecule has 8 heteroatoms. The van der Waals surface area contributed by atoms with Gasteiger partial charge >= 0.3 is 5.97 Å². The predicted octanol–water partition coefficient (Wildman–Crippen LogP) is 1.24. The Balaban J connectivity index is 2.90. The molecule has 0 spiro atoms. The van der Waals surface area contributed by atoms with Gasteiger partial charge in [0, 0.05) is 18.7 Å². The highest BCUT2D eigenvalue weighted by molar-refractivity contribution is 7.89. The van der Waals surface area contributed by atoms with Gasteiger partial charge in [0.25, 0.3) is 0 Å². The predicted molar refractivity (Wildman–Crippen MR) is 69.6 cm³/mol. The highest BCUT2D eigenvalue weighted by atomic mass is 35.5. The summed E-state index contributed by atoms with van der Waals surface area (Å²) < 4.78 is 30.9. The Morgan fingerprint density at radius 2 is 2.11 bits per heavy atom. The van der Waals surface area contributed by atoms with Crippen LogP contribution < -0.4 is 4.72 Å².